The molecule has 0 spiro atoms. The predicted octanol–water partition coefficient (Wildman–Crippen LogP) is 5.83. The van der Waals surface area contributed by atoms with Crippen molar-refractivity contribution < 1.29 is 14.3 Å². The summed E-state index contributed by atoms with van der Waals surface area (Å²) in [6.45, 7) is 4.04. The number of benzene rings is 1. The second kappa shape index (κ2) is 10.4. The van der Waals surface area contributed by atoms with Crippen LogP contribution in [0.2, 0.25) is 0 Å². The molecule has 0 amide bonds. The molecule has 0 N–H and O–H groups in total. The minimum atomic E-state index is -0.234. The summed E-state index contributed by atoms with van der Waals surface area (Å²) in [6, 6.07) is 8.31. The molecule has 0 atom stereocenters. The van der Waals surface area contributed by atoms with Gasteiger partial charge in [-0.2, -0.15) is 0 Å². The lowest BCUT2D eigenvalue weighted by molar-refractivity contribution is -0.149. The Morgan fingerprint density at radius 1 is 1.04 bits per heavy atom. The van der Waals surface area contributed by atoms with Crippen LogP contribution < -0.4 is 4.74 Å². The average molecular weight is 332 g/mol. The summed E-state index contributed by atoms with van der Waals surface area (Å²) in [5.41, 5.74) is 1.42. The molecule has 0 radical (unpaired) electrons. The first-order chi connectivity index (χ1) is 11.7. The van der Waals surface area contributed by atoms with E-state index in [9.17, 15) is 4.79 Å². The maximum Gasteiger partial charge on any atom is 0.308 e. The van der Waals surface area contributed by atoms with E-state index in [0.717, 1.165) is 11.7 Å². The van der Waals surface area contributed by atoms with E-state index in [1.807, 2.05) is 12.1 Å². The molecule has 1 aromatic carbocycles. The zero-order valence-electron chi connectivity index (χ0n) is 15.3. The van der Waals surface area contributed by atoms with E-state index in [1.165, 1.54) is 56.9 Å². The average Bonchev–Trinajstić information content (AvgIpc) is 2.63. The third-order valence-electron chi connectivity index (χ3n) is 5.15. The molecule has 0 heterocycles. The molecule has 1 saturated carbocycles. The highest BCUT2D eigenvalue weighted by Crippen LogP contribution is 2.38. The van der Waals surface area contributed by atoms with Gasteiger partial charge in [-0.1, -0.05) is 51.7 Å². The monoisotopic (exact) mass is 332 g/mol. The Morgan fingerprint density at radius 3 is 2.38 bits per heavy atom. The maximum absolute atomic E-state index is 11.1. The molecule has 0 unspecified atom stereocenters. The van der Waals surface area contributed by atoms with Gasteiger partial charge in [-0.3, -0.25) is 4.79 Å². The molecule has 1 aliphatic rings. The Balaban J connectivity index is 1.72. The Morgan fingerprint density at radius 2 is 1.75 bits per heavy atom. The molecule has 2 rings (SSSR count). The summed E-state index contributed by atoms with van der Waals surface area (Å²) in [7, 11) is 0. The largest absolute Gasteiger partial charge is 0.457 e. The first kappa shape index (κ1) is 18.8. The molecule has 0 aliphatic heterocycles. The first-order valence-corrected chi connectivity index (χ1v) is 9.61. The number of ether oxygens (including phenoxy) is 2. The van der Waals surface area contributed by atoms with E-state index in [0.29, 0.717) is 12.3 Å². The highest BCUT2D eigenvalue weighted by Gasteiger charge is 2.21. The predicted molar refractivity (Wildman–Crippen MR) is 97.2 cm³/mol. The van der Waals surface area contributed by atoms with E-state index in [1.54, 1.807) is 6.92 Å². The summed E-state index contributed by atoms with van der Waals surface area (Å²) >= 11 is 0. The van der Waals surface area contributed by atoms with Crippen LogP contribution in [0.4, 0.5) is 0 Å². The second-order valence-electron chi connectivity index (χ2n) is 6.91. The fraction of sp³-hybridized carbons (Fsp3) is 0.667. The molecule has 24 heavy (non-hydrogen) atoms. The van der Waals surface area contributed by atoms with E-state index >= 15 is 0 Å². The zero-order valence-corrected chi connectivity index (χ0v) is 15.3. The number of hydrogen-bond acceptors (Lipinski definition) is 3. The van der Waals surface area contributed by atoms with Crippen LogP contribution in [0.3, 0.4) is 0 Å². The summed E-state index contributed by atoms with van der Waals surface area (Å²) in [5.74, 6) is 2.17. The smallest absolute Gasteiger partial charge is 0.308 e. The Hall–Kier alpha value is -1.51. The van der Waals surface area contributed by atoms with Gasteiger partial charge in [-0.15, -0.1) is 0 Å². The van der Waals surface area contributed by atoms with Crippen molar-refractivity contribution in [1.82, 2.24) is 0 Å². The number of carbonyl (C=O) groups excluding carboxylic acids is 1. The van der Waals surface area contributed by atoms with E-state index in [2.05, 4.69) is 19.1 Å². The van der Waals surface area contributed by atoms with Gasteiger partial charge >= 0.3 is 5.97 Å². The topological polar surface area (TPSA) is 35.5 Å². The van der Waals surface area contributed by atoms with Gasteiger partial charge in [-0.25, -0.2) is 0 Å². The number of hydrogen-bond donors (Lipinski definition) is 0. The van der Waals surface area contributed by atoms with Crippen molar-refractivity contribution in [2.24, 2.45) is 5.92 Å². The fourth-order valence-corrected chi connectivity index (χ4v) is 3.57. The van der Waals surface area contributed by atoms with Crippen LogP contribution in [0.1, 0.15) is 83.1 Å². The molecule has 1 aliphatic carbocycles. The summed E-state index contributed by atoms with van der Waals surface area (Å²) in [4.78, 5) is 11.1. The maximum atomic E-state index is 11.1. The molecule has 3 heteroatoms. The van der Waals surface area contributed by atoms with Crippen molar-refractivity contribution in [3.63, 3.8) is 0 Å². The van der Waals surface area contributed by atoms with Gasteiger partial charge in [0.1, 0.15) is 5.75 Å². The van der Waals surface area contributed by atoms with Crippen LogP contribution in [0.5, 0.6) is 5.75 Å². The molecule has 0 saturated heterocycles. The number of esters is 1. The molecule has 1 aromatic rings. The van der Waals surface area contributed by atoms with Crippen LogP contribution in [-0.2, 0) is 9.53 Å². The molecule has 0 aromatic heterocycles. The normalized spacial score (nSPS) is 20.6. The number of carbonyl (C=O) groups is 1. The van der Waals surface area contributed by atoms with Gasteiger partial charge in [-0.05, 0) is 55.2 Å². The highest BCUT2D eigenvalue weighted by molar-refractivity contribution is 5.68. The summed E-state index contributed by atoms with van der Waals surface area (Å²) in [6.07, 6.45) is 11.3. The first-order valence-electron chi connectivity index (χ1n) is 9.61. The molecule has 3 nitrogen and oxygen atoms in total. The van der Waals surface area contributed by atoms with Crippen molar-refractivity contribution in [3.05, 3.63) is 29.8 Å². The van der Waals surface area contributed by atoms with Crippen LogP contribution in [-0.4, -0.2) is 12.8 Å². The van der Waals surface area contributed by atoms with Gasteiger partial charge in [0.2, 0.25) is 6.79 Å². The van der Waals surface area contributed by atoms with E-state index < -0.39 is 0 Å². The molecule has 1 fully saturated rings. The van der Waals surface area contributed by atoms with Crippen LogP contribution in [0, 0.1) is 5.92 Å². The Bertz CT molecular complexity index is 472. The third-order valence-corrected chi connectivity index (χ3v) is 5.15. The molecule has 134 valence electrons. The Labute approximate surface area is 146 Å². The van der Waals surface area contributed by atoms with Crippen molar-refractivity contribution in [2.45, 2.75) is 77.6 Å². The summed E-state index contributed by atoms with van der Waals surface area (Å²) < 4.78 is 10.4. The van der Waals surface area contributed by atoms with Crippen molar-refractivity contribution in [3.8, 4) is 5.75 Å². The van der Waals surface area contributed by atoms with E-state index in [-0.39, 0.29) is 12.8 Å². The highest BCUT2D eigenvalue weighted by atomic mass is 16.7. The Kier molecular flexibility index (Phi) is 8.14. The quantitative estimate of drug-likeness (QED) is 0.324. The van der Waals surface area contributed by atoms with Crippen molar-refractivity contribution >= 4 is 5.97 Å². The standard InChI is InChI=1S/C21H32O3/c1-3-5-6-7-17-8-10-18(11-9-17)19-12-14-20(15-13-19)23-16-24-21(22)4-2/h12-15,17-18H,3-11,16H2,1-2H3. The molecule has 0 bridgehead atoms. The van der Waals surface area contributed by atoms with Crippen LogP contribution in [0.25, 0.3) is 0 Å². The lowest BCUT2D eigenvalue weighted by Gasteiger charge is -2.29. The summed E-state index contributed by atoms with van der Waals surface area (Å²) in [5, 5.41) is 0. The molecular formula is C21H32O3. The van der Waals surface area contributed by atoms with E-state index in [4.69, 9.17) is 9.47 Å². The van der Waals surface area contributed by atoms with Gasteiger partial charge in [0.05, 0.1) is 0 Å². The van der Waals surface area contributed by atoms with Gasteiger partial charge in [0.25, 0.3) is 0 Å². The number of rotatable bonds is 9. The lowest BCUT2D eigenvalue weighted by Crippen LogP contribution is -2.13. The van der Waals surface area contributed by atoms with Gasteiger partial charge < -0.3 is 9.47 Å². The number of unbranched alkanes of at least 4 members (excludes halogenated alkanes) is 2. The van der Waals surface area contributed by atoms with Crippen LogP contribution in [0.15, 0.2) is 24.3 Å². The van der Waals surface area contributed by atoms with Gasteiger partial charge in [0.15, 0.2) is 0 Å². The molecular weight excluding hydrogens is 300 g/mol. The SMILES string of the molecule is CCCCCC1CCC(c2ccc(OCOC(=O)CC)cc2)CC1. The lowest BCUT2D eigenvalue weighted by atomic mass is 9.77. The van der Waals surface area contributed by atoms with Crippen molar-refractivity contribution in [2.75, 3.05) is 6.79 Å². The van der Waals surface area contributed by atoms with Crippen LogP contribution >= 0.6 is 0 Å². The third kappa shape index (κ3) is 6.18. The van der Waals surface area contributed by atoms with Crippen molar-refractivity contribution in [1.29, 1.82) is 0 Å². The zero-order chi connectivity index (χ0) is 17.2. The second-order valence-corrected chi connectivity index (χ2v) is 6.91. The minimum absolute atomic E-state index is 0.00507. The van der Waals surface area contributed by atoms with Gasteiger partial charge in [0, 0.05) is 6.42 Å². The minimum Gasteiger partial charge on any atom is -0.457 e. The fourth-order valence-electron chi connectivity index (χ4n) is 3.57.